The van der Waals surface area contributed by atoms with Gasteiger partial charge in [-0.05, 0) is 25.0 Å². The number of amides is 1. The summed E-state index contributed by atoms with van der Waals surface area (Å²) in [5.41, 5.74) is 2.06. The molecule has 0 spiro atoms. The summed E-state index contributed by atoms with van der Waals surface area (Å²) < 4.78 is 10.4. The number of hydrogen-bond donors (Lipinski definition) is 0. The van der Waals surface area contributed by atoms with Crippen molar-refractivity contribution in [1.29, 1.82) is 0 Å². The van der Waals surface area contributed by atoms with Gasteiger partial charge in [0.2, 0.25) is 0 Å². The quantitative estimate of drug-likeness (QED) is 0.669. The highest BCUT2D eigenvalue weighted by Crippen LogP contribution is 2.43. The Balaban J connectivity index is 0.00000338. The minimum atomic E-state index is -0.344. The van der Waals surface area contributed by atoms with E-state index in [1.54, 1.807) is 11.9 Å². The summed E-state index contributed by atoms with van der Waals surface area (Å²) in [6.07, 6.45) is 2.65. The largest absolute Gasteiger partial charge is 0.469 e. The van der Waals surface area contributed by atoms with Crippen LogP contribution in [-0.2, 0) is 9.53 Å². The molecule has 0 saturated heterocycles. The van der Waals surface area contributed by atoms with Gasteiger partial charge in [0, 0.05) is 50.8 Å². The molecule has 1 aromatic carbocycles. The fraction of sp³-hybridized carbons (Fsp3) is 0.579. The van der Waals surface area contributed by atoms with Gasteiger partial charge in [-0.25, -0.2) is 4.79 Å². The molecule has 1 atom stereocenters. The molecule has 1 aliphatic heterocycles. The van der Waals surface area contributed by atoms with E-state index in [-0.39, 0.29) is 30.4 Å². The van der Waals surface area contributed by atoms with E-state index in [0.717, 1.165) is 30.6 Å². The van der Waals surface area contributed by atoms with Crippen LogP contribution >= 0.6 is 12.4 Å². The molecule has 2 rings (SSSR count). The fourth-order valence-electron chi connectivity index (χ4n) is 3.17. The second-order valence-electron chi connectivity index (χ2n) is 6.52. The Hall–Kier alpha value is -1.95. The second-order valence-corrected chi connectivity index (χ2v) is 6.52. The van der Waals surface area contributed by atoms with E-state index < -0.39 is 0 Å². The van der Waals surface area contributed by atoms with E-state index in [1.165, 1.54) is 7.11 Å². The molecule has 26 heavy (non-hydrogen) atoms. The second kappa shape index (κ2) is 10.3. The van der Waals surface area contributed by atoms with Crippen molar-refractivity contribution in [2.45, 2.75) is 38.5 Å². The zero-order valence-electron chi connectivity index (χ0n) is 16.0. The molecule has 0 aliphatic carbocycles. The standard InChI is InChI=1S/C19H28N2O4.ClH/c1-5-6-12-20(2)19(23)25-16-9-7-8-15-18(16)14(13-21(15)3)10-11-17(22)24-4;/h7-9,14H,5-6,10-13H2,1-4H3;1H. The molecule has 0 bridgehead atoms. The first kappa shape index (κ1) is 22.1. The summed E-state index contributed by atoms with van der Waals surface area (Å²) in [7, 11) is 5.16. The number of ether oxygens (including phenoxy) is 2. The van der Waals surface area contributed by atoms with Crippen molar-refractivity contribution in [3.63, 3.8) is 0 Å². The summed E-state index contributed by atoms with van der Waals surface area (Å²) in [6, 6.07) is 5.74. The topological polar surface area (TPSA) is 59.1 Å². The zero-order chi connectivity index (χ0) is 18.4. The van der Waals surface area contributed by atoms with Crippen molar-refractivity contribution in [3.05, 3.63) is 23.8 Å². The highest BCUT2D eigenvalue weighted by Gasteiger charge is 2.31. The molecule has 1 amide bonds. The van der Waals surface area contributed by atoms with Gasteiger partial charge in [-0.1, -0.05) is 19.4 Å². The highest BCUT2D eigenvalue weighted by atomic mass is 35.5. The molecule has 146 valence electrons. The Morgan fingerprint density at radius 2 is 2.08 bits per heavy atom. The van der Waals surface area contributed by atoms with Crippen LogP contribution in [0.3, 0.4) is 0 Å². The normalized spacial score (nSPS) is 15.1. The van der Waals surface area contributed by atoms with E-state index in [9.17, 15) is 9.59 Å². The van der Waals surface area contributed by atoms with Gasteiger partial charge in [0.25, 0.3) is 0 Å². The monoisotopic (exact) mass is 384 g/mol. The number of halogens is 1. The summed E-state index contributed by atoms with van der Waals surface area (Å²) in [6.45, 7) is 3.56. The van der Waals surface area contributed by atoms with Gasteiger partial charge in [-0.2, -0.15) is 0 Å². The lowest BCUT2D eigenvalue weighted by Crippen LogP contribution is -2.30. The number of fused-ring (bicyclic) bond motifs is 1. The minimum absolute atomic E-state index is 0. The van der Waals surface area contributed by atoms with Gasteiger partial charge in [0.05, 0.1) is 7.11 Å². The van der Waals surface area contributed by atoms with Gasteiger partial charge in [-0.3, -0.25) is 4.79 Å². The molecule has 1 aromatic rings. The lowest BCUT2D eigenvalue weighted by atomic mass is 9.95. The van der Waals surface area contributed by atoms with Gasteiger partial charge < -0.3 is 19.3 Å². The number of unbranched alkanes of at least 4 members (excludes halogenated alkanes) is 1. The first-order chi connectivity index (χ1) is 12.0. The summed E-state index contributed by atoms with van der Waals surface area (Å²) in [4.78, 5) is 27.6. The molecule has 0 N–H and O–H groups in total. The van der Waals surface area contributed by atoms with Crippen LogP contribution in [0.5, 0.6) is 5.75 Å². The summed E-state index contributed by atoms with van der Waals surface area (Å²) in [5.74, 6) is 0.513. The molecule has 1 heterocycles. The van der Waals surface area contributed by atoms with Crippen molar-refractivity contribution < 1.29 is 19.1 Å². The summed E-state index contributed by atoms with van der Waals surface area (Å²) >= 11 is 0. The van der Waals surface area contributed by atoms with E-state index in [4.69, 9.17) is 9.47 Å². The number of hydrogen-bond acceptors (Lipinski definition) is 5. The third kappa shape index (κ3) is 5.27. The molecule has 0 saturated carbocycles. The Bertz CT molecular complexity index is 624. The fourth-order valence-corrected chi connectivity index (χ4v) is 3.17. The van der Waals surface area contributed by atoms with Crippen molar-refractivity contribution in [1.82, 2.24) is 4.90 Å². The van der Waals surface area contributed by atoms with Crippen LogP contribution in [0, 0.1) is 0 Å². The number of nitrogens with zero attached hydrogens (tertiary/aromatic N) is 2. The molecule has 1 unspecified atom stereocenters. The molecule has 1 aliphatic rings. The molecule has 0 aromatic heterocycles. The van der Waals surface area contributed by atoms with Crippen LogP contribution in [0.2, 0.25) is 0 Å². The Kier molecular flexibility index (Phi) is 8.72. The maximum atomic E-state index is 12.3. The van der Waals surface area contributed by atoms with E-state index in [1.807, 2.05) is 25.2 Å². The SMILES string of the molecule is CCCCN(C)C(=O)Oc1cccc2c1C(CCC(=O)OC)CN2C.Cl. The van der Waals surface area contributed by atoms with Crippen molar-refractivity contribution in [2.75, 3.05) is 39.2 Å². The number of benzene rings is 1. The van der Waals surface area contributed by atoms with Gasteiger partial charge in [0.1, 0.15) is 5.75 Å². The van der Waals surface area contributed by atoms with Gasteiger partial charge >= 0.3 is 12.1 Å². The van der Waals surface area contributed by atoms with Crippen molar-refractivity contribution in [3.8, 4) is 5.75 Å². The smallest absolute Gasteiger partial charge is 0.414 e. The predicted molar refractivity (Wildman–Crippen MR) is 105 cm³/mol. The molecule has 0 fully saturated rings. The van der Waals surface area contributed by atoms with Crippen molar-refractivity contribution in [2.24, 2.45) is 0 Å². The van der Waals surface area contributed by atoms with Crippen LogP contribution in [0.1, 0.15) is 44.1 Å². The first-order valence-electron chi connectivity index (χ1n) is 8.81. The molecule has 6 nitrogen and oxygen atoms in total. The maximum absolute atomic E-state index is 12.3. The van der Waals surface area contributed by atoms with Crippen LogP contribution in [-0.4, -0.2) is 51.3 Å². The molecular formula is C19H29ClN2O4. The Morgan fingerprint density at radius 1 is 1.35 bits per heavy atom. The zero-order valence-corrected chi connectivity index (χ0v) is 16.8. The number of methoxy groups -OCH3 is 1. The van der Waals surface area contributed by atoms with Crippen LogP contribution in [0.4, 0.5) is 10.5 Å². The third-order valence-corrected chi connectivity index (χ3v) is 4.64. The Morgan fingerprint density at radius 3 is 2.73 bits per heavy atom. The Labute approximate surface area is 161 Å². The van der Waals surface area contributed by atoms with Gasteiger partial charge in [-0.15, -0.1) is 12.4 Å². The number of esters is 1. The number of carbonyl (C=O) groups is 2. The van der Waals surface area contributed by atoms with E-state index >= 15 is 0 Å². The first-order valence-corrected chi connectivity index (χ1v) is 8.81. The minimum Gasteiger partial charge on any atom is -0.469 e. The number of carbonyl (C=O) groups excluding carboxylic acids is 2. The summed E-state index contributed by atoms with van der Waals surface area (Å²) in [5, 5.41) is 0. The van der Waals surface area contributed by atoms with Crippen molar-refractivity contribution >= 4 is 30.2 Å². The molecule has 0 radical (unpaired) electrons. The number of anilines is 1. The number of likely N-dealkylation sites (N-methyl/N-ethyl adjacent to an activating group) is 1. The average molecular weight is 385 g/mol. The predicted octanol–water partition coefficient (Wildman–Crippen LogP) is 3.83. The molecule has 7 heteroatoms. The van der Waals surface area contributed by atoms with Crippen LogP contribution in [0.25, 0.3) is 0 Å². The lowest BCUT2D eigenvalue weighted by molar-refractivity contribution is -0.140. The van der Waals surface area contributed by atoms with Gasteiger partial charge in [0.15, 0.2) is 0 Å². The van der Waals surface area contributed by atoms with Crippen LogP contribution < -0.4 is 9.64 Å². The maximum Gasteiger partial charge on any atom is 0.414 e. The van der Waals surface area contributed by atoms with Crippen LogP contribution in [0.15, 0.2) is 18.2 Å². The number of rotatable bonds is 7. The highest BCUT2D eigenvalue weighted by molar-refractivity contribution is 5.85. The third-order valence-electron chi connectivity index (χ3n) is 4.64. The van der Waals surface area contributed by atoms with E-state index in [2.05, 4.69) is 11.8 Å². The molecular weight excluding hydrogens is 356 g/mol. The van der Waals surface area contributed by atoms with E-state index in [0.29, 0.717) is 25.1 Å². The lowest BCUT2D eigenvalue weighted by Gasteiger charge is -2.19. The average Bonchev–Trinajstić information content (AvgIpc) is 2.94.